The molecule has 0 saturated carbocycles. The average molecular weight is 957 g/mol. The van der Waals surface area contributed by atoms with E-state index < -0.39 is 180 Å². The van der Waals surface area contributed by atoms with Crippen LogP contribution in [-0.2, 0) is 0 Å². The van der Waals surface area contributed by atoms with E-state index in [0.29, 0.717) is 0 Å². The van der Waals surface area contributed by atoms with Gasteiger partial charge in [-0.25, -0.2) is 0 Å². The second kappa shape index (κ2) is 13.4. The van der Waals surface area contributed by atoms with Gasteiger partial charge in [0.1, 0.15) is 0 Å². The molecule has 0 bridgehead atoms. The maximum absolute atomic E-state index is 16.4. The van der Waals surface area contributed by atoms with Gasteiger partial charge in [-0.15, -0.1) is 0 Å². The molecule has 0 aliphatic carbocycles. The Morgan fingerprint density at radius 2 is 0.196 bits per heavy atom. The molecule has 300 valence electrons. The van der Waals surface area contributed by atoms with Gasteiger partial charge in [0.25, 0.3) is 0 Å². The quantitative estimate of drug-likeness (QED) is 0.0747. The van der Waals surface area contributed by atoms with Gasteiger partial charge in [-0.3, -0.25) is 0 Å². The van der Waals surface area contributed by atoms with E-state index in [1.807, 2.05) is 0 Å². The van der Waals surface area contributed by atoms with Gasteiger partial charge in [-0.2, -0.15) is 0 Å². The summed E-state index contributed by atoms with van der Waals surface area (Å²) in [5, 5.41) is 0. The van der Waals surface area contributed by atoms with Gasteiger partial charge in [0.15, 0.2) is 0 Å². The Kier molecular flexibility index (Phi) is 10.1. The molecule has 0 unspecified atom stereocenters. The molecular formula is C30F25Sb. The monoisotopic (exact) mass is 956 g/mol. The fraction of sp³-hybridized carbons (Fsp3) is 0. The zero-order chi connectivity index (χ0) is 42.8. The van der Waals surface area contributed by atoms with Crippen LogP contribution < -0.4 is 17.6 Å². The van der Waals surface area contributed by atoms with Crippen LogP contribution in [0.1, 0.15) is 0 Å². The third-order valence-corrected chi connectivity index (χ3v) is 26.5. The Hall–Kier alpha value is -4.83. The van der Waals surface area contributed by atoms with E-state index >= 15 is 87.8 Å². The number of benzene rings is 5. The van der Waals surface area contributed by atoms with Crippen molar-refractivity contribution in [2.45, 2.75) is 0 Å². The molecule has 5 aromatic rings. The Morgan fingerprint density at radius 3 is 0.286 bits per heavy atom. The molecule has 0 nitrogen and oxygen atoms in total. The van der Waals surface area contributed by atoms with Crippen LogP contribution in [0.4, 0.5) is 110 Å². The van der Waals surface area contributed by atoms with Crippen molar-refractivity contribution < 1.29 is 110 Å². The molecule has 0 saturated heterocycles. The van der Waals surface area contributed by atoms with Gasteiger partial charge < -0.3 is 0 Å². The van der Waals surface area contributed by atoms with Gasteiger partial charge in [0.05, 0.1) is 0 Å². The summed E-state index contributed by atoms with van der Waals surface area (Å²) >= 11 is -12.7. The molecule has 56 heavy (non-hydrogen) atoms. The molecule has 0 spiro atoms. The van der Waals surface area contributed by atoms with Crippen LogP contribution in [0.15, 0.2) is 0 Å². The Morgan fingerprint density at radius 1 is 0.125 bits per heavy atom. The van der Waals surface area contributed by atoms with Crippen molar-refractivity contribution in [1.29, 1.82) is 0 Å². The summed E-state index contributed by atoms with van der Waals surface area (Å²) in [5.74, 6) is -103. The van der Waals surface area contributed by atoms with Crippen LogP contribution in [0.5, 0.6) is 0 Å². The average Bonchev–Trinajstić information content (AvgIpc) is 3.16. The first-order valence-corrected chi connectivity index (χ1v) is 19.7. The van der Waals surface area contributed by atoms with Gasteiger partial charge >= 0.3 is 290 Å². The molecule has 26 heteroatoms. The van der Waals surface area contributed by atoms with E-state index in [-0.39, 0.29) is 0 Å². The van der Waals surface area contributed by atoms with Crippen LogP contribution in [0.25, 0.3) is 0 Å². The van der Waals surface area contributed by atoms with E-state index in [4.69, 9.17) is 0 Å². The van der Waals surface area contributed by atoms with Crippen molar-refractivity contribution in [2.24, 2.45) is 0 Å². The molecule has 0 radical (unpaired) electrons. The predicted molar refractivity (Wildman–Crippen MR) is 135 cm³/mol. The molecule has 0 aliphatic rings. The molecule has 5 rings (SSSR count). The number of rotatable bonds is 5. The molecule has 0 aromatic heterocycles. The van der Waals surface area contributed by atoms with Crippen LogP contribution >= 0.6 is 0 Å². The van der Waals surface area contributed by atoms with E-state index in [1.165, 1.54) is 0 Å². The fourth-order valence-electron chi connectivity index (χ4n) is 6.05. The van der Waals surface area contributed by atoms with E-state index in [9.17, 15) is 22.0 Å². The summed E-state index contributed by atoms with van der Waals surface area (Å²) < 4.78 is 366. The summed E-state index contributed by atoms with van der Waals surface area (Å²) in [4.78, 5) is 0. The van der Waals surface area contributed by atoms with Crippen LogP contribution in [0, 0.1) is 145 Å². The number of halogens is 25. The minimum atomic E-state index is -12.7. The molecule has 0 fully saturated rings. The molecule has 5 aromatic carbocycles. The first-order chi connectivity index (χ1) is 25.7. The second-order valence-electron chi connectivity index (χ2n) is 10.7. The minimum absolute atomic E-state index is 3.73. The Labute approximate surface area is 290 Å². The van der Waals surface area contributed by atoms with Gasteiger partial charge in [-0.05, 0) is 0 Å². The summed E-state index contributed by atoms with van der Waals surface area (Å²) in [6.45, 7) is 0. The predicted octanol–water partition coefficient (Wildman–Crippen LogP) is 7.40. The molecule has 0 N–H and O–H groups in total. The standard InChI is InChI=1S/5C6F5.Sb/c5*7-2-1-3(8)5(10)6(11)4(2)9;. The summed E-state index contributed by atoms with van der Waals surface area (Å²) in [5.41, 5.74) is 0. The zero-order valence-electron chi connectivity index (χ0n) is 24.9. The molecule has 0 atom stereocenters. The summed E-state index contributed by atoms with van der Waals surface area (Å²) in [6.07, 6.45) is 0. The Bertz CT molecular complexity index is 2050. The molecule has 0 amide bonds. The van der Waals surface area contributed by atoms with Gasteiger partial charge in [0, 0.05) is 0 Å². The van der Waals surface area contributed by atoms with Gasteiger partial charge in [0.2, 0.25) is 0 Å². The van der Waals surface area contributed by atoms with Crippen LogP contribution in [-0.4, -0.2) is 17.4 Å². The molecular weight excluding hydrogens is 957 g/mol. The van der Waals surface area contributed by atoms with Crippen molar-refractivity contribution in [2.75, 3.05) is 0 Å². The fourth-order valence-corrected chi connectivity index (χ4v) is 26.4. The molecule has 0 heterocycles. The third kappa shape index (κ3) is 4.74. The van der Waals surface area contributed by atoms with E-state index in [2.05, 4.69) is 0 Å². The van der Waals surface area contributed by atoms with Gasteiger partial charge in [-0.1, -0.05) is 0 Å². The summed E-state index contributed by atoms with van der Waals surface area (Å²) in [6, 6.07) is 0. The number of hydrogen-bond acceptors (Lipinski definition) is 0. The SMILES string of the molecule is Fc1c(F)c(F)[c]([Sb]([c]2c(F)c(F)c(F)c(F)c2F)([c]2c(F)c(F)c(F)c(F)c2F)([c]2c(F)c(F)c(F)c(F)c2F)[c]2c(F)c(F)c(F)c(F)c2F)c(F)c1F. The number of hydrogen-bond donors (Lipinski definition) is 0. The van der Waals surface area contributed by atoms with Crippen molar-refractivity contribution in [3.63, 3.8) is 0 Å². The Balaban J connectivity index is 2.71. The van der Waals surface area contributed by atoms with Crippen molar-refractivity contribution in [3.05, 3.63) is 145 Å². The van der Waals surface area contributed by atoms with Crippen molar-refractivity contribution in [3.8, 4) is 0 Å². The first-order valence-electron chi connectivity index (χ1n) is 13.3. The van der Waals surface area contributed by atoms with E-state index in [0.717, 1.165) is 0 Å². The third-order valence-electron chi connectivity index (χ3n) is 8.17. The van der Waals surface area contributed by atoms with Crippen LogP contribution in [0.2, 0.25) is 0 Å². The first kappa shape index (κ1) is 42.3. The molecule has 0 aliphatic heterocycles. The van der Waals surface area contributed by atoms with E-state index in [1.54, 1.807) is 0 Å². The van der Waals surface area contributed by atoms with Crippen molar-refractivity contribution in [1.82, 2.24) is 0 Å². The normalized spacial score (nSPS) is 12.8. The zero-order valence-corrected chi connectivity index (χ0v) is 27.4. The van der Waals surface area contributed by atoms with Crippen LogP contribution in [0.3, 0.4) is 0 Å². The van der Waals surface area contributed by atoms with Crippen molar-refractivity contribution >= 4 is 34.9 Å². The summed E-state index contributed by atoms with van der Waals surface area (Å²) in [7, 11) is 0. The maximum atomic E-state index is 16.4. The second-order valence-corrected chi connectivity index (χ2v) is 23.5. The topological polar surface area (TPSA) is 0 Å².